The lowest BCUT2D eigenvalue weighted by atomic mass is 10.1. The molecular weight excluding hydrogens is 386 g/mol. The number of nitrogens with two attached hydrogens (primary N) is 1. The molecule has 0 spiro atoms. The van der Waals surface area contributed by atoms with Gasteiger partial charge in [0.2, 0.25) is 0 Å². The van der Waals surface area contributed by atoms with Crippen LogP contribution in [0.2, 0.25) is 0 Å². The van der Waals surface area contributed by atoms with Crippen LogP contribution >= 0.6 is 11.3 Å². The van der Waals surface area contributed by atoms with E-state index in [0.717, 1.165) is 17.7 Å². The zero-order valence-corrected chi connectivity index (χ0v) is 16.2. The van der Waals surface area contributed by atoms with Crippen LogP contribution < -0.4 is 5.73 Å². The monoisotopic (exact) mass is 403 g/mol. The van der Waals surface area contributed by atoms with Gasteiger partial charge in [0.05, 0.1) is 5.69 Å². The van der Waals surface area contributed by atoms with Crippen molar-refractivity contribution in [1.82, 2.24) is 19.3 Å². The number of amides is 2. The van der Waals surface area contributed by atoms with Gasteiger partial charge in [-0.2, -0.15) is 0 Å². The summed E-state index contributed by atoms with van der Waals surface area (Å²) in [5.74, 6) is -0.845. The summed E-state index contributed by atoms with van der Waals surface area (Å²) in [6, 6.07) is 13.4. The molecule has 4 aromatic rings. The molecule has 3 aromatic heterocycles. The van der Waals surface area contributed by atoms with E-state index in [-0.39, 0.29) is 22.9 Å². The fourth-order valence-corrected chi connectivity index (χ4v) is 4.56. The Labute approximate surface area is 170 Å². The van der Waals surface area contributed by atoms with E-state index < -0.39 is 5.91 Å². The zero-order valence-electron chi connectivity index (χ0n) is 15.4. The molecule has 0 radical (unpaired) electrons. The minimum atomic E-state index is -0.676. The molecule has 8 heteroatoms. The summed E-state index contributed by atoms with van der Waals surface area (Å²) in [5, 5.41) is 2.06. The Morgan fingerprint density at radius 3 is 2.76 bits per heavy atom. The Morgan fingerprint density at radius 1 is 1.14 bits per heavy atom. The summed E-state index contributed by atoms with van der Waals surface area (Å²) in [4.78, 5) is 36.8. The molecule has 1 aromatic carbocycles. The number of primary amides is 1. The average Bonchev–Trinajstić information content (AvgIpc) is 3.39. The van der Waals surface area contributed by atoms with Gasteiger partial charge in [-0.1, -0.05) is 30.3 Å². The minimum Gasteiger partial charge on any atom is -0.364 e. The second-order valence-corrected chi connectivity index (χ2v) is 7.89. The third kappa shape index (κ3) is 2.98. The van der Waals surface area contributed by atoms with Gasteiger partial charge in [0.25, 0.3) is 11.8 Å². The van der Waals surface area contributed by atoms with Crippen LogP contribution in [-0.4, -0.2) is 37.6 Å². The van der Waals surface area contributed by atoms with Gasteiger partial charge in [0, 0.05) is 18.0 Å². The number of rotatable bonds is 3. The van der Waals surface area contributed by atoms with Crippen molar-refractivity contribution in [3.63, 3.8) is 0 Å². The highest BCUT2D eigenvalue weighted by Crippen LogP contribution is 2.27. The van der Waals surface area contributed by atoms with E-state index in [1.165, 1.54) is 16.8 Å². The van der Waals surface area contributed by atoms with Crippen LogP contribution in [0.15, 0.2) is 54.2 Å². The third-order valence-electron chi connectivity index (χ3n) is 5.12. The molecule has 5 rings (SSSR count). The normalized spacial score (nSPS) is 13.4. The summed E-state index contributed by atoms with van der Waals surface area (Å²) in [5.41, 5.74) is 8.89. The molecule has 4 heterocycles. The van der Waals surface area contributed by atoms with Crippen LogP contribution in [0.25, 0.3) is 16.9 Å². The first-order chi connectivity index (χ1) is 14.1. The van der Waals surface area contributed by atoms with E-state index in [1.807, 2.05) is 30.3 Å². The number of aromatic nitrogens is 3. The number of hydrogen-bond donors (Lipinski definition) is 1. The third-order valence-corrected chi connectivity index (χ3v) is 6.14. The maximum absolute atomic E-state index is 13.3. The highest BCUT2D eigenvalue weighted by atomic mass is 32.1. The Morgan fingerprint density at radius 2 is 1.97 bits per heavy atom. The lowest BCUT2D eigenvalue weighted by Gasteiger charge is -2.27. The molecular formula is C21H17N5O2S. The molecule has 1 aliphatic rings. The number of imidazole rings is 1. The maximum atomic E-state index is 13.3. The smallest absolute Gasteiger partial charge is 0.272 e. The molecule has 2 N–H and O–H groups in total. The predicted molar refractivity (Wildman–Crippen MR) is 110 cm³/mol. The van der Waals surface area contributed by atoms with Gasteiger partial charge in [-0.15, -0.1) is 11.3 Å². The lowest BCUT2D eigenvalue weighted by Crippen LogP contribution is -2.36. The second-order valence-electron chi connectivity index (χ2n) is 6.89. The molecule has 144 valence electrons. The number of carbonyl (C=O) groups excluding carboxylic acids is 2. The summed E-state index contributed by atoms with van der Waals surface area (Å²) < 4.78 is 1.69. The van der Waals surface area contributed by atoms with Crippen LogP contribution in [0.4, 0.5) is 0 Å². The van der Waals surface area contributed by atoms with Crippen molar-refractivity contribution in [3.05, 3.63) is 76.0 Å². The molecule has 0 saturated heterocycles. The van der Waals surface area contributed by atoms with Crippen molar-refractivity contribution < 1.29 is 9.59 Å². The molecule has 2 amide bonds. The van der Waals surface area contributed by atoms with E-state index in [1.54, 1.807) is 26.7 Å². The van der Waals surface area contributed by atoms with Crippen LogP contribution in [0, 0.1) is 0 Å². The van der Waals surface area contributed by atoms with Crippen LogP contribution in [0.5, 0.6) is 0 Å². The summed E-state index contributed by atoms with van der Waals surface area (Å²) in [6.45, 7) is 1.20. The van der Waals surface area contributed by atoms with E-state index >= 15 is 0 Å². The highest BCUT2D eigenvalue weighted by Gasteiger charge is 2.25. The molecule has 0 bridgehead atoms. The van der Waals surface area contributed by atoms with Crippen LogP contribution in [0.3, 0.4) is 0 Å². The van der Waals surface area contributed by atoms with E-state index in [9.17, 15) is 9.59 Å². The fraction of sp³-hybridized carbons (Fsp3) is 0.143. The van der Waals surface area contributed by atoms with Gasteiger partial charge in [0.15, 0.2) is 11.3 Å². The van der Waals surface area contributed by atoms with Crippen molar-refractivity contribution in [3.8, 4) is 11.3 Å². The maximum Gasteiger partial charge on any atom is 0.272 e. The Balaban J connectivity index is 1.63. The van der Waals surface area contributed by atoms with Crippen molar-refractivity contribution in [2.45, 2.75) is 13.0 Å². The molecule has 7 nitrogen and oxygen atoms in total. The largest absolute Gasteiger partial charge is 0.364 e. The van der Waals surface area contributed by atoms with E-state index in [4.69, 9.17) is 5.73 Å². The first-order valence-electron chi connectivity index (χ1n) is 9.19. The Bertz CT molecular complexity index is 1240. The Hall–Kier alpha value is -3.52. The molecule has 29 heavy (non-hydrogen) atoms. The number of fused-ring (bicyclic) bond motifs is 2. The van der Waals surface area contributed by atoms with Crippen molar-refractivity contribution in [2.75, 3.05) is 6.54 Å². The van der Waals surface area contributed by atoms with Crippen LogP contribution in [-0.2, 0) is 13.0 Å². The van der Waals surface area contributed by atoms with Gasteiger partial charge in [0.1, 0.15) is 12.0 Å². The first-order valence-corrected chi connectivity index (χ1v) is 10.1. The number of thiophene rings is 1. The van der Waals surface area contributed by atoms with Gasteiger partial charge >= 0.3 is 0 Å². The van der Waals surface area contributed by atoms with Crippen molar-refractivity contribution in [2.24, 2.45) is 5.73 Å². The molecule has 0 fully saturated rings. The average molecular weight is 403 g/mol. The standard InChI is InChI=1S/C21H17N5O2S/c22-19(27)18-20-24-15(21(28)25-8-6-17-14(11-25)7-9-29-17)10-16(26(20)12-23-18)13-4-2-1-3-5-13/h1-5,7,9-10,12H,6,8,11H2,(H2,22,27). The SMILES string of the molecule is NC(=O)c1ncn2c(-c3ccccc3)cc(C(=O)N3CCc4sccc4C3)nc12. The van der Waals surface area contributed by atoms with Gasteiger partial charge in [-0.05, 0) is 35.1 Å². The number of carbonyl (C=O) groups is 2. The molecule has 0 aliphatic carbocycles. The quantitative estimate of drug-likeness (QED) is 0.569. The topological polar surface area (TPSA) is 93.6 Å². The molecule has 1 aliphatic heterocycles. The molecule has 0 unspecified atom stereocenters. The summed E-state index contributed by atoms with van der Waals surface area (Å²) >= 11 is 1.73. The van der Waals surface area contributed by atoms with Crippen molar-refractivity contribution in [1.29, 1.82) is 0 Å². The molecule has 0 saturated carbocycles. The van der Waals surface area contributed by atoms with Gasteiger partial charge in [-0.3, -0.25) is 14.0 Å². The van der Waals surface area contributed by atoms with Gasteiger partial charge in [-0.25, -0.2) is 9.97 Å². The predicted octanol–water partition coefficient (Wildman–Crippen LogP) is 2.76. The molecule has 0 atom stereocenters. The first kappa shape index (κ1) is 17.6. The number of benzene rings is 1. The Kier molecular flexibility index (Phi) is 4.13. The summed E-state index contributed by atoms with van der Waals surface area (Å²) in [6.07, 6.45) is 2.35. The van der Waals surface area contributed by atoms with E-state index in [2.05, 4.69) is 21.4 Å². The zero-order chi connectivity index (χ0) is 20.0. The van der Waals surface area contributed by atoms with Gasteiger partial charge < -0.3 is 10.6 Å². The number of nitrogens with zero attached hydrogens (tertiary/aromatic N) is 4. The fourth-order valence-electron chi connectivity index (χ4n) is 3.67. The van der Waals surface area contributed by atoms with Crippen LogP contribution in [0.1, 0.15) is 31.4 Å². The second kappa shape index (κ2) is 6.82. The van der Waals surface area contributed by atoms with E-state index in [0.29, 0.717) is 13.1 Å². The van der Waals surface area contributed by atoms with Crippen molar-refractivity contribution >= 4 is 28.8 Å². The summed E-state index contributed by atoms with van der Waals surface area (Å²) in [7, 11) is 0. The lowest BCUT2D eigenvalue weighted by molar-refractivity contribution is 0.0729. The highest BCUT2D eigenvalue weighted by molar-refractivity contribution is 7.10. The number of hydrogen-bond acceptors (Lipinski definition) is 5. The minimum absolute atomic E-state index is 0.0515.